The van der Waals surface area contributed by atoms with Crippen LogP contribution in [0.25, 0.3) is 0 Å². The average molecular weight is 261 g/mol. The van der Waals surface area contributed by atoms with Crippen LogP contribution < -0.4 is 10.1 Å². The second-order valence-corrected chi connectivity index (χ2v) is 5.48. The summed E-state index contributed by atoms with van der Waals surface area (Å²) in [6.07, 6.45) is 5.09. The monoisotopic (exact) mass is 261 g/mol. The minimum Gasteiger partial charge on any atom is -0.491 e. The van der Waals surface area contributed by atoms with Gasteiger partial charge in [-0.1, -0.05) is 25.0 Å². The highest BCUT2D eigenvalue weighted by atomic mass is 16.5. The van der Waals surface area contributed by atoms with Crippen LogP contribution >= 0.6 is 0 Å². The van der Waals surface area contributed by atoms with E-state index in [1.165, 1.54) is 25.7 Å². The molecule has 0 amide bonds. The van der Waals surface area contributed by atoms with Crippen molar-refractivity contribution in [1.29, 1.82) is 0 Å². The predicted octanol–water partition coefficient (Wildman–Crippen LogP) is 3.19. The van der Waals surface area contributed by atoms with Gasteiger partial charge in [0.25, 0.3) is 0 Å². The fraction of sp³-hybridized carbons (Fsp3) is 0.562. The summed E-state index contributed by atoms with van der Waals surface area (Å²) >= 11 is 0. The molecule has 0 heterocycles. The number of benzene rings is 1. The molecular weight excluding hydrogens is 238 g/mol. The van der Waals surface area contributed by atoms with Crippen LogP contribution in [-0.2, 0) is 0 Å². The lowest BCUT2D eigenvalue weighted by atomic mass is 10.1. The van der Waals surface area contributed by atoms with E-state index in [0.29, 0.717) is 12.6 Å². The van der Waals surface area contributed by atoms with Crippen molar-refractivity contribution in [3.63, 3.8) is 0 Å². The molecule has 1 aliphatic carbocycles. The van der Waals surface area contributed by atoms with Gasteiger partial charge in [0.1, 0.15) is 5.75 Å². The topological polar surface area (TPSA) is 38.3 Å². The maximum atomic E-state index is 12.1. The summed E-state index contributed by atoms with van der Waals surface area (Å²) in [5, 5.41) is 3.35. The van der Waals surface area contributed by atoms with Gasteiger partial charge < -0.3 is 10.1 Å². The van der Waals surface area contributed by atoms with Crippen LogP contribution in [0, 0.1) is 0 Å². The summed E-state index contributed by atoms with van der Waals surface area (Å²) in [5.41, 5.74) is 0.726. The Bertz CT molecular complexity index is 423. The molecule has 2 rings (SSSR count). The van der Waals surface area contributed by atoms with Crippen LogP contribution in [0.5, 0.6) is 5.75 Å². The summed E-state index contributed by atoms with van der Waals surface area (Å²) < 4.78 is 5.61. The molecule has 104 valence electrons. The van der Waals surface area contributed by atoms with Gasteiger partial charge in [0, 0.05) is 11.6 Å². The molecule has 0 aromatic heterocycles. The van der Waals surface area contributed by atoms with E-state index in [0.717, 1.165) is 11.3 Å². The Kier molecular flexibility index (Phi) is 4.97. The molecular formula is C16H23NO2. The van der Waals surface area contributed by atoms with Crippen LogP contribution in [0.4, 0.5) is 0 Å². The molecule has 19 heavy (non-hydrogen) atoms. The number of ether oxygens (including phenoxy) is 1. The lowest BCUT2D eigenvalue weighted by molar-refractivity contribution is 0.0986. The molecule has 1 N–H and O–H groups in total. The largest absolute Gasteiger partial charge is 0.491 e. The third kappa shape index (κ3) is 4.35. The molecule has 1 aromatic rings. The zero-order chi connectivity index (χ0) is 13.7. The fourth-order valence-corrected chi connectivity index (χ4v) is 2.48. The lowest BCUT2D eigenvalue weighted by Gasteiger charge is -2.12. The van der Waals surface area contributed by atoms with Gasteiger partial charge in [-0.15, -0.1) is 0 Å². The van der Waals surface area contributed by atoms with Crippen molar-refractivity contribution in [2.45, 2.75) is 51.7 Å². The van der Waals surface area contributed by atoms with Gasteiger partial charge in [0.15, 0.2) is 5.78 Å². The minimum atomic E-state index is 0.127. The Morgan fingerprint density at radius 1 is 1.37 bits per heavy atom. The molecule has 0 aliphatic heterocycles. The van der Waals surface area contributed by atoms with E-state index in [1.807, 2.05) is 38.1 Å². The van der Waals surface area contributed by atoms with E-state index < -0.39 is 0 Å². The third-order valence-corrected chi connectivity index (χ3v) is 3.43. The number of nitrogens with one attached hydrogen (secondary N) is 1. The zero-order valence-electron chi connectivity index (χ0n) is 11.8. The van der Waals surface area contributed by atoms with Crippen LogP contribution in [0.15, 0.2) is 24.3 Å². The molecule has 0 spiro atoms. The first-order valence-corrected chi connectivity index (χ1v) is 7.18. The number of rotatable bonds is 6. The number of ketones is 1. The Morgan fingerprint density at radius 2 is 2.11 bits per heavy atom. The zero-order valence-corrected chi connectivity index (χ0v) is 11.8. The number of hydrogen-bond donors (Lipinski definition) is 1. The van der Waals surface area contributed by atoms with E-state index in [9.17, 15) is 4.79 Å². The van der Waals surface area contributed by atoms with Crippen molar-refractivity contribution >= 4 is 5.78 Å². The van der Waals surface area contributed by atoms with Crippen molar-refractivity contribution < 1.29 is 9.53 Å². The number of hydrogen-bond acceptors (Lipinski definition) is 3. The highest BCUT2D eigenvalue weighted by Gasteiger charge is 2.16. The number of carbonyl (C=O) groups excluding carboxylic acids is 1. The Labute approximate surface area is 115 Å². The normalized spacial score (nSPS) is 15.9. The van der Waals surface area contributed by atoms with Gasteiger partial charge >= 0.3 is 0 Å². The predicted molar refractivity (Wildman–Crippen MR) is 76.8 cm³/mol. The summed E-state index contributed by atoms with van der Waals surface area (Å²) in [7, 11) is 0. The van der Waals surface area contributed by atoms with Gasteiger partial charge in [0.05, 0.1) is 12.6 Å². The standard InChI is InChI=1S/C16H23NO2/c1-12(2)19-15-9-5-6-13(10-15)16(18)11-17-14-7-3-4-8-14/h5-6,9-10,12,14,17H,3-4,7-8,11H2,1-2H3. The second-order valence-electron chi connectivity index (χ2n) is 5.48. The molecule has 0 saturated heterocycles. The van der Waals surface area contributed by atoms with Crippen LogP contribution in [-0.4, -0.2) is 24.5 Å². The molecule has 0 radical (unpaired) electrons. The first-order chi connectivity index (χ1) is 9.15. The Balaban J connectivity index is 1.90. The maximum absolute atomic E-state index is 12.1. The number of Topliss-reactive ketones (excluding diaryl/α,β-unsaturated/α-hetero) is 1. The Hall–Kier alpha value is -1.35. The quantitative estimate of drug-likeness (QED) is 0.799. The fourth-order valence-electron chi connectivity index (χ4n) is 2.48. The van der Waals surface area contributed by atoms with Crippen molar-refractivity contribution in [2.24, 2.45) is 0 Å². The van der Waals surface area contributed by atoms with Gasteiger partial charge in [-0.25, -0.2) is 0 Å². The molecule has 1 fully saturated rings. The third-order valence-electron chi connectivity index (χ3n) is 3.43. The van der Waals surface area contributed by atoms with Gasteiger partial charge in [0.2, 0.25) is 0 Å². The summed E-state index contributed by atoms with van der Waals surface area (Å²) in [6.45, 7) is 4.39. The SMILES string of the molecule is CC(C)Oc1cccc(C(=O)CNC2CCCC2)c1. The molecule has 0 unspecified atom stereocenters. The van der Waals surface area contributed by atoms with E-state index in [-0.39, 0.29) is 11.9 Å². The maximum Gasteiger partial charge on any atom is 0.176 e. The molecule has 1 saturated carbocycles. The minimum absolute atomic E-state index is 0.127. The van der Waals surface area contributed by atoms with Crippen molar-refractivity contribution in [2.75, 3.05) is 6.54 Å². The van der Waals surface area contributed by atoms with Gasteiger partial charge in [-0.3, -0.25) is 4.79 Å². The molecule has 1 aromatic carbocycles. The van der Waals surface area contributed by atoms with Crippen LogP contribution in [0.3, 0.4) is 0 Å². The summed E-state index contributed by atoms with van der Waals surface area (Å²) in [5.74, 6) is 0.905. The first-order valence-electron chi connectivity index (χ1n) is 7.18. The van der Waals surface area contributed by atoms with Gasteiger partial charge in [-0.2, -0.15) is 0 Å². The highest BCUT2D eigenvalue weighted by molar-refractivity contribution is 5.97. The molecule has 3 heteroatoms. The number of carbonyl (C=O) groups is 1. The molecule has 0 bridgehead atoms. The second kappa shape index (κ2) is 6.71. The summed E-state index contributed by atoms with van der Waals surface area (Å²) in [4.78, 5) is 12.1. The van der Waals surface area contributed by atoms with Crippen LogP contribution in [0.1, 0.15) is 49.9 Å². The lowest BCUT2D eigenvalue weighted by Crippen LogP contribution is -2.31. The average Bonchev–Trinajstić information content (AvgIpc) is 2.88. The van der Waals surface area contributed by atoms with E-state index in [4.69, 9.17) is 4.74 Å². The van der Waals surface area contributed by atoms with Crippen molar-refractivity contribution in [1.82, 2.24) is 5.32 Å². The Morgan fingerprint density at radius 3 is 2.79 bits per heavy atom. The van der Waals surface area contributed by atoms with Crippen LogP contribution in [0.2, 0.25) is 0 Å². The van der Waals surface area contributed by atoms with E-state index in [1.54, 1.807) is 0 Å². The molecule has 1 aliphatic rings. The van der Waals surface area contributed by atoms with Crippen molar-refractivity contribution in [3.8, 4) is 5.75 Å². The summed E-state index contributed by atoms with van der Waals surface area (Å²) in [6, 6.07) is 7.98. The van der Waals surface area contributed by atoms with Crippen molar-refractivity contribution in [3.05, 3.63) is 29.8 Å². The smallest absolute Gasteiger partial charge is 0.176 e. The molecule has 0 atom stereocenters. The van der Waals surface area contributed by atoms with Gasteiger partial charge in [-0.05, 0) is 38.8 Å². The van der Waals surface area contributed by atoms with E-state index in [2.05, 4.69) is 5.32 Å². The molecule has 3 nitrogen and oxygen atoms in total. The first kappa shape index (κ1) is 14.1. The highest BCUT2D eigenvalue weighted by Crippen LogP contribution is 2.18. The van der Waals surface area contributed by atoms with E-state index >= 15 is 0 Å².